The normalized spacial score (nSPS) is 13.1. The third kappa shape index (κ3) is 3.05. The van der Waals surface area contributed by atoms with Crippen LogP contribution in [0.2, 0.25) is 0 Å². The lowest BCUT2D eigenvalue weighted by molar-refractivity contribution is 0.556. The number of hydrogen-bond donors (Lipinski definition) is 1. The Labute approximate surface area is 96.0 Å². The number of rotatable bonds is 4. The van der Waals surface area contributed by atoms with Gasteiger partial charge in [-0.05, 0) is 37.6 Å². The van der Waals surface area contributed by atoms with Crippen LogP contribution in [0.1, 0.15) is 25.8 Å². The molecular formula is C11H14N2O2S. The minimum Gasteiger partial charge on any atom is -0.208 e. The molecule has 1 aromatic rings. The van der Waals surface area contributed by atoms with Crippen molar-refractivity contribution in [1.82, 2.24) is 4.72 Å². The van der Waals surface area contributed by atoms with Crippen LogP contribution in [-0.2, 0) is 10.0 Å². The Bertz CT molecular complexity index is 486. The zero-order valence-corrected chi connectivity index (χ0v) is 10.1. The van der Waals surface area contributed by atoms with E-state index in [1.165, 1.54) is 24.3 Å². The van der Waals surface area contributed by atoms with Gasteiger partial charge in [0.2, 0.25) is 10.0 Å². The van der Waals surface area contributed by atoms with E-state index in [1.807, 2.05) is 13.0 Å². The van der Waals surface area contributed by atoms with Gasteiger partial charge in [-0.2, -0.15) is 5.26 Å². The first-order chi connectivity index (χ1) is 7.49. The molecule has 0 aromatic heterocycles. The van der Waals surface area contributed by atoms with E-state index in [0.29, 0.717) is 5.56 Å². The van der Waals surface area contributed by atoms with Crippen molar-refractivity contribution >= 4 is 10.0 Å². The van der Waals surface area contributed by atoms with Crippen molar-refractivity contribution in [2.45, 2.75) is 31.2 Å². The molecule has 0 aliphatic carbocycles. The van der Waals surface area contributed by atoms with Gasteiger partial charge < -0.3 is 0 Å². The summed E-state index contributed by atoms with van der Waals surface area (Å²) < 4.78 is 26.2. The monoisotopic (exact) mass is 238 g/mol. The van der Waals surface area contributed by atoms with Crippen molar-refractivity contribution in [2.75, 3.05) is 0 Å². The Morgan fingerprint density at radius 3 is 2.38 bits per heavy atom. The molecule has 4 nitrogen and oxygen atoms in total. The van der Waals surface area contributed by atoms with E-state index in [1.54, 1.807) is 6.92 Å². The fraction of sp³-hybridized carbons (Fsp3) is 0.364. The quantitative estimate of drug-likeness (QED) is 0.866. The van der Waals surface area contributed by atoms with Crippen LogP contribution in [0.25, 0.3) is 0 Å². The Morgan fingerprint density at radius 2 is 1.94 bits per heavy atom. The number of nitriles is 1. The first-order valence-electron chi connectivity index (χ1n) is 5.02. The summed E-state index contributed by atoms with van der Waals surface area (Å²) in [5, 5.41) is 8.60. The van der Waals surface area contributed by atoms with Crippen LogP contribution >= 0.6 is 0 Å². The molecule has 0 aliphatic heterocycles. The fourth-order valence-electron chi connectivity index (χ4n) is 1.12. The Morgan fingerprint density at radius 1 is 1.38 bits per heavy atom. The van der Waals surface area contributed by atoms with E-state index in [9.17, 15) is 8.42 Å². The second kappa shape index (κ2) is 5.10. The summed E-state index contributed by atoms with van der Waals surface area (Å²) in [6.45, 7) is 3.72. The molecule has 0 heterocycles. The average molecular weight is 238 g/mol. The Hall–Kier alpha value is -1.38. The van der Waals surface area contributed by atoms with Crippen molar-refractivity contribution in [2.24, 2.45) is 0 Å². The maximum Gasteiger partial charge on any atom is 0.240 e. The molecule has 0 aliphatic rings. The van der Waals surface area contributed by atoms with Crippen LogP contribution < -0.4 is 4.72 Å². The topological polar surface area (TPSA) is 70.0 Å². The van der Waals surface area contributed by atoms with Gasteiger partial charge in [-0.1, -0.05) is 6.92 Å². The molecule has 0 amide bonds. The van der Waals surface area contributed by atoms with Gasteiger partial charge in [-0.25, -0.2) is 13.1 Å². The number of hydrogen-bond acceptors (Lipinski definition) is 3. The van der Waals surface area contributed by atoms with Crippen LogP contribution in [0.3, 0.4) is 0 Å². The number of nitrogens with zero attached hydrogens (tertiary/aromatic N) is 1. The maximum atomic E-state index is 11.8. The van der Waals surface area contributed by atoms with Crippen molar-refractivity contribution in [3.05, 3.63) is 29.8 Å². The summed E-state index contributed by atoms with van der Waals surface area (Å²) in [7, 11) is -3.46. The molecule has 0 saturated heterocycles. The summed E-state index contributed by atoms with van der Waals surface area (Å²) in [6, 6.07) is 7.70. The number of benzene rings is 1. The molecule has 0 spiro atoms. The van der Waals surface area contributed by atoms with E-state index >= 15 is 0 Å². The van der Waals surface area contributed by atoms with Crippen LogP contribution in [0, 0.1) is 11.3 Å². The van der Waals surface area contributed by atoms with Gasteiger partial charge in [0.05, 0.1) is 16.5 Å². The van der Waals surface area contributed by atoms with Gasteiger partial charge in [0.15, 0.2) is 0 Å². The minimum atomic E-state index is -3.46. The van der Waals surface area contributed by atoms with E-state index in [0.717, 1.165) is 6.42 Å². The highest BCUT2D eigenvalue weighted by atomic mass is 32.2. The number of sulfonamides is 1. The molecule has 16 heavy (non-hydrogen) atoms. The standard InChI is InChI=1S/C11H14N2O2S/c1-3-9(2)13-16(14,15)11-6-4-10(8-12)5-7-11/h4-7,9,13H,3H2,1-2H3/t9-/m1/s1. The van der Waals surface area contributed by atoms with E-state index in [2.05, 4.69) is 4.72 Å². The summed E-state index contributed by atoms with van der Waals surface area (Å²) in [5.41, 5.74) is 0.447. The zero-order valence-electron chi connectivity index (χ0n) is 9.27. The van der Waals surface area contributed by atoms with Crippen molar-refractivity contribution in [3.8, 4) is 6.07 Å². The fourth-order valence-corrected chi connectivity index (χ4v) is 2.45. The smallest absolute Gasteiger partial charge is 0.208 e. The van der Waals surface area contributed by atoms with Crippen molar-refractivity contribution in [3.63, 3.8) is 0 Å². The molecule has 0 unspecified atom stereocenters. The van der Waals surface area contributed by atoms with Crippen molar-refractivity contribution in [1.29, 1.82) is 5.26 Å². The second-order valence-electron chi connectivity index (χ2n) is 3.57. The molecule has 1 atom stereocenters. The highest BCUT2D eigenvalue weighted by Crippen LogP contribution is 2.10. The van der Waals surface area contributed by atoms with Crippen LogP contribution in [0.5, 0.6) is 0 Å². The summed E-state index contributed by atoms with van der Waals surface area (Å²) in [5.74, 6) is 0. The molecule has 5 heteroatoms. The maximum absolute atomic E-state index is 11.8. The molecule has 0 saturated carbocycles. The van der Waals surface area contributed by atoms with Crippen molar-refractivity contribution < 1.29 is 8.42 Å². The van der Waals surface area contributed by atoms with E-state index in [4.69, 9.17) is 5.26 Å². The van der Waals surface area contributed by atoms with Gasteiger partial charge in [0, 0.05) is 6.04 Å². The van der Waals surface area contributed by atoms with Gasteiger partial charge >= 0.3 is 0 Å². The van der Waals surface area contributed by atoms with Gasteiger partial charge in [-0.3, -0.25) is 0 Å². The van der Waals surface area contributed by atoms with Gasteiger partial charge in [0.1, 0.15) is 0 Å². The summed E-state index contributed by atoms with van der Waals surface area (Å²) in [4.78, 5) is 0.187. The lowest BCUT2D eigenvalue weighted by Gasteiger charge is -2.11. The lowest BCUT2D eigenvalue weighted by atomic mass is 10.2. The molecule has 1 rings (SSSR count). The Balaban J connectivity index is 2.95. The molecule has 0 fully saturated rings. The highest BCUT2D eigenvalue weighted by molar-refractivity contribution is 7.89. The summed E-state index contributed by atoms with van der Waals surface area (Å²) >= 11 is 0. The predicted molar refractivity (Wildman–Crippen MR) is 61.2 cm³/mol. The summed E-state index contributed by atoms with van der Waals surface area (Å²) in [6.07, 6.45) is 0.732. The second-order valence-corrected chi connectivity index (χ2v) is 5.28. The van der Waals surface area contributed by atoms with Crippen LogP contribution in [0.15, 0.2) is 29.2 Å². The zero-order chi connectivity index (χ0) is 12.2. The van der Waals surface area contributed by atoms with Crippen LogP contribution in [-0.4, -0.2) is 14.5 Å². The number of nitrogens with one attached hydrogen (secondary N) is 1. The molecule has 0 radical (unpaired) electrons. The van der Waals surface area contributed by atoms with E-state index < -0.39 is 10.0 Å². The van der Waals surface area contributed by atoms with Gasteiger partial charge in [-0.15, -0.1) is 0 Å². The van der Waals surface area contributed by atoms with Gasteiger partial charge in [0.25, 0.3) is 0 Å². The first-order valence-corrected chi connectivity index (χ1v) is 6.50. The third-order valence-electron chi connectivity index (χ3n) is 2.26. The van der Waals surface area contributed by atoms with Crippen LogP contribution in [0.4, 0.5) is 0 Å². The lowest BCUT2D eigenvalue weighted by Crippen LogP contribution is -2.31. The minimum absolute atomic E-state index is 0.0966. The molecule has 1 N–H and O–H groups in total. The SMILES string of the molecule is CC[C@@H](C)NS(=O)(=O)c1ccc(C#N)cc1. The molecular weight excluding hydrogens is 224 g/mol. The first kappa shape index (κ1) is 12.7. The molecule has 1 aromatic carbocycles. The average Bonchev–Trinajstić information content (AvgIpc) is 2.28. The molecule has 0 bridgehead atoms. The predicted octanol–water partition coefficient (Wildman–Crippen LogP) is 1.64. The Kier molecular flexibility index (Phi) is 4.05. The molecule has 86 valence electrons. The van der Waals surface area contributed by atoms with E-state index in [-0.39, 0.29) is 10.9 Å². The largest absolute Gasteiger partial charge is 0.240 e. The third-order valence-corrected chi connectivity index (χ3v) is 3.87. The highest BCUT2D eigenvalue weighted by Gasteiger charge is 2.15.